The average Bonchev–Trinajstić information content (AvgIpc) is 2.76. The van der Waals surface area contributed by atoms with E-state index in [-0.39, 0.29) is 23.8 Å². The molecule has 2 fully saturated rings. The molecule has 0 radical (unpaired) electrons. The van der Waals surface area contributed by atoms with Gasteiger partial charge in [0.15, 0.2) is 0 Å². The molecule has 1 heterocycles. The number of likely N-dealkylation sites (tertiary alicyclic amines) is 1. The minimum atomic E-state index is 0.0249. The van der Waals surface area contributed by atoms with Crippen molar-refractivity contribution in [3.05, 3.63) is 0 Å². The summed E-state index contributed by atoms with van der Waals surface area (Å²) in [6.45, 7) is 2.16. The molecule has 5 heteroatoms. The van der Waals surface area contributed by atoms with Crippen LogP contribution in [0.1, 0.15) is 44.9 Å². The number of nitrogens with zero attached hydrogens (tertiary/aromatic N) is 1. The maximum Gasteiger partial charge on any atom is 0.236 e. The van der Waals surface area contributed by atoms with Crippen LogP contribution >= 0.6 is 0 Å². The first kappa shape index (κ1) is 15.3. The molecule has 5 nitrogen and oxygen atoms in total. The number of amides is 2. The Morgan fingerprint density at radius 3 is 2.40 bits per heavy atom. The van der Waals surface area contributed by atoms with E-state index in [4.69, 9.17) is 0 Å². The largest absolute Gasteiger partial charge is 0.359 e. The van der Waals surface area contributed by atoms with Gasteiger partial charge in [-0.1, -0.05) is 19.3 Å². The van der Waals surface area contributed by atoms with Crippen LogP contribution in [0.3, 0.4) is 0 Å². The fourth-order valence-electron chi connectivity index (χ4n) is 3.35. The summed E-state index contributed by atoms with van der Waals surface area (Å²) in [4.78, 5) is 26.0. The summed E-state index contributed by atoms with van der Waals surface area (Å²) in [7, 11) is 1.68. The summed E-state index contributed by atoms with van der Waals surface area (Å²) >= 11 is 0. The van der Waals surface area contributed by atoms with Gasteiger partial charge in [-0.3, -0.25) is 9.59 Å². The van der Waals surface area contributed by atoms with Crippen LogP contribution in [-0.2, 0) is 9.59 Å². The van der Waals surface area contributed by atoms with Crippen LogP contribution in [0.2, 0.25) is 0 Å². The molecule has 2 unspecified atom stereocenters. The van der Waals surface area contributed by atoms with E-state index in [0.717, 1.165) is 45.2 Å². The highest BCUT2D eigenvalue weighted by molar-refractivity contribution is 5.80. The Morgan fingerprint density at radius 2 is 1.75 bits per heavy atom. The van der Waals surface area contributed by atoms with Crippen molar-refractivity contribution in [1.29, 1.82) is 0 Å². The highest BCUT2D eigenvalue weighted by Gasteiger charge is 2.32. The van der Waals surface area contributed by atoms with Crippen molar-refractivity contribution < 1.29 is 9.59 Å². The van der Waals surface area contributed by atoms with Gasteiger partial charge in [0, 0.05) is 26.2 Å². The zero-order valence-corrected chi connectivity index (χ0v) is 12.5. The summed E-state index contributed by atoms with van der Waals surface area (Å²) in [5, 5.41) is 6.03. The summed E-state index contributed by atoms with van der Waals surface area (Å²) in [5.74, 6) is 0.314. The van der Waals surface area contributed by atoms with Gasteiger partial charge < -0.3 is 15.5 Å². The SMILES string of the molecule is CNC(=O)C1CCCC1NCC(=O)N1CCCCCC1. The molecular weight excluding hydrogens is 254 g/mol. The van der Waals surface area contributed by atoms with Crippen molar-refractivity contribution in [3.63, 3.8) is 0 Å². The number of hydrogen-bond acceptors (Lipinski definition) is 3. The second-order valence-corrected chi connectivity index (χ2v) is 5.93. The van der Waals surface area contributed by atoms with Crippen LogP contribution < -0.4 is 10.6 Å². The van der Waals surface area contributed by atoms with Gasteiger partial charge in [-0.05, 0) is 25.7 Å². The van der Waals surface area contributed by atoms with E-state index >= 15 is 0 Å². The first-order valence-corrected chi connectivity index (χ1v) is 7.95. The summed E-state index contributed by atoms with van der Waals surface area (Å²) in [6.07, 6.45) is 7.69. The highest BCUT2D eigenvalue weighted by atomic mass is 16.2. The Hall–Kier alpha value is -1.10. The van der Waals surface area contributed by atoms with Crippen molar-refractivity contribution in [1.82, 2.24) is 15.5 Å². The van der Waals surface area contributed by atoms with Crippen molar-refractivity contribution in [2.75, 3.05) is 26.7 Å². The standard InChI is InChI=1S/C15H27N3O2/c1-16-15(20)12-7-6-8-13(12)17-11-14(19)18-9-4-2-3-5-10-18/h12-13,17H,2-11H2,1H3,(H,16,20). The molecule has 2 N–H and O–H groups in total. The molecule has 1 saturated carbocycles. The molecule has 0 bridgehead atoms. The quantitative estimate of drug-likeness (QED) is 0.804. The number of rotatable bonds is 4. The fourth-order valence-corrected chi connectivity index (χ4v) is 3.35. The third-order valence-electron chi connectivity index (χ3n) is 4.57. The Labute approximate surface area is 121 Å². The molecule has 0 aromatic heterocycles. The maximum absolute atomic E-state index is 12.2. The molecule has 114 valence electrons. The lowest BCUT2D eigenvalue weighted by atomic mass is 10.0. The van der Waals surface area contributed by atoms with Crippen LogP contribution in [-0.4, -0.2) is 49.4 Å². The Morgan fingerprint density at radius 1 is 1.05 bits per heavy atom. The molecule has 2 aliphatic rings. The van der Waals surface area contributed by atoms with Gasteiger partial charge in [0.2, 0.25) is 11.8 Å². The van der Waals surface area contributed by atoms with Crippen LogP contribution in [0.5, 0.6) is 0 Å². The number of carbonyl (C=O) groups is 2. The minimum absolute atomic E-state index is 0.0249. The minimum Gasteiger partial charge on any atom is -0.359 e. The summed E-state index contributed by atoms with van der Waals surface area (Å²) < 4.78 is 0. The molecule has 2 rings (SSSR count). The van der Waals surface area contributed by atoms with Gasteiger partial charge in [-0.25, -0.2) is 0 Å². The van der Waals surface area contributed by atoms with E-state index in [1.807, 2.05) is 4.90 Å². The zero-order chi connectivity index (χ0) is 14.4. The lowest BCUT2D eigenvalue weighted by Crippen LogP contribution is -2.46. The molecular formula is C15H27N3O2. The third kappa shape index (κ3) is 3.95. The fraction of sp³-hybridized carbons (Fsp3) is 0.867. The highest BCUT2D eigenvalue weighted by Crippen LogP contribution is 2.25. The topological polar surface area (TPSA) is 61.4 Å². The van der Waals surface area contributed by atoms with E-state index in [1.165, 1.54) is 12.8 Å². The maximum atomic E-state index is 12.2. The van der Waals surface area contributed by atoms with Gasteiger partial charge in [-0.2, -0.15) is 0 Å². The zero-order valence-electron chi connectivity index (χ0n) is 12.5. The third-order valence-corrected chi connectivity index (χ3v) is 4.57. The number of carbonyl (C=O) groups excluding carboxylic acids is 2. The molecule has 2 amide bonds. The van der Waals surface area contributed by atoms with Crippen LogP contribution in [0.4, 0.5) is 0 Å². The van der Waals surface area contributed by atoms with Crippen molar-refractivity contribution in [2.45, 2.75) is 51.0 Å². The second-order valence-electron chi connectivity index (χ2n) is 5.93. The predicted molar refractivity (Wildman–Crippen MR) is 78.2 cm³/mol. The molecule has 1 saturated heterocycles. The Bertz CT molecular complexity index is 338. The predicted octanol–water partition coefficient (Wildman–Crippen LogP) is 0.893. The lowest BCUT2D eigenvalue weighted by molar-refractivity contribution is -0.131. The smallest absolute Gasteiger partial charge is 0.236 e. The summed E-state index contributed by atoms with van der Waals surface area (Å²) in [6, 6.07) is 0.158. The summed E-state index contributed by atoms with van der Waals surface area (Å²) in [5.41, 5.74) is 0. The van der Waals surface area contributed by atoms with Gasteiger partial charge in [-0.15, -0.1) is 0 Å². The molecule has 1 aliphatic carbocycles. The molecule has 0 aromatic rings. The number of hydrogen-bond donors (Lipinski definition) is 2. The van der Waals surface area contributed by atoms with Crippen molar-refractivity contribution in [3.8, 4) is 0 Å². The van der Waals surface area contributed by atoms with Gasteiger partial charge in [0.05, 0.1) is 12.5 Å². The van der Waals surface area contributed by atoms with Gasteiger partial charge in [0.1, 0.15) is 0 Å². The van der Waals surface area contributed by atoms with Crippen LogP contribution in [0, 0.1) is 5.92 Å². The molecule has 2 atom stereocenters. The van der Waals surface area contributed by atoms with Crippen LogP contribution in [0.25, 0.3) is 0 Å². The van der Waals surface area contributed by atoms with E-state index in [2.05, 4.69) is 10.6 Å². The lowest BCUT2D eigenvalue weighted by Gasteiger charge is -2.24. The molecule has 0 aromatic carbocycles. The molecule has 1 aliphatic heterocycles. The van der Waals surface area contributed by atoms with Gasteiger partial charge >= 0.3 is 0 Å². The van der Waals surface area contributed by atoms with Gasteiger partial charge in [0.25, 0.3) is 0 Å². The molecule has 20 heavy (non-hydrogen) atoms. The normalized spacial score (nSPS) is 27.1. The molecule has 0 spiro atoms. The first-order chi connectivity index (χ1) is 9.72. The average molecular weight is 281 g/mol. The van der Waals surface area contributed by atoms with E-state index in [1.54, 1.807) is 7.05 Å². The monoisotopic (exact) mass is 281 g/mol. The van der Waals surface area contributed by atoms with Crippen molar-refractivity contribution >= 4 is 11.8 Å². The van der Waals surface area contributed by atoms with E-state index < -0.39 is 0 Å². The van der Waals surface area contributed by atoms with E-state index in [9.17, 15) is 9.59 Å². The Balaban J connectivity index is 1.78. The van der Waals surface area contributed by atoms with Crippen molar-refractivity contribution in [2.24, 2.45) is 5.92 Å². The Kier molecular flexibility index (Phi) is 5.83. The number of nitrogens with one attached hydrogen (secondary N) is 2. The second kappa shape index (κ2) is 7.62. The van der Waals surface area contributed by atoms with Crippen LogP contribution in [0.15, 0.2) is 0 Å². The first-order valence-electron chi connectivity index (χ1n) is 7.95. The van der Waals surface area contributed by atoms with E-state index in [0.29, 0.717) is 6.54 Å².